The molecule has 0 aliphatic carbocycles. The largest absolute Gasteiger partial charge is 0.286 e. The van der Waals surface area contributed by atoms with Gasteiger partial charge >= 0.3 is 0 Å². The number of benzene rings is 2. The molecule has 20 heavy (non-hydrogen) atoms. The molecule has 0 saturated heterocycles. The van der Waals surface area contributed by atoms with Crippen LogP contribution in [-0.4, -0.2) is 8.42 Å². The van der Waals surface area contributed by atoms with Crippen LogP contribution in [0.1, 0.15) is 18.1 Å². The van der Waals surface area contributed by atoms with E-state index >= 15 is 0 Å². The molecule has 0 spiro atoms. The second-order valence-corrected chi connectivity index (χ2v) is 6.34. The van der Waals surface area contributed by atoms with Crippen molar-refractivity contribution < 1.29 is 8.42 Å². The highest BCUT2D eigenvalue weighted by atomic mass is 32.2. The van der Waals surface area contributed by atoms with Crippen LogP contribution < -0.4 is 4.72 Å². The van der Waals surface area contributed by atoms with Gasteiger partial charge in [-0.2, -0.15) is 0 Å². The van der Waals surface area contributed by atoms with Gasteiger partial charge in [0.25, 0.3) is 10.0 Å². The molecule has 0 atom stereocenters. The smallest absolute Gasteiger partial charge is 0.261 e. The minimum absolute atomic E-state index is 0.264. The monoisotopic (exact) mass is 287 g/mol. The van der Waals surface area contributed by atoms with E-state index in [9.17, 15) is 8.42 Å². The first kappa shape index (κ1) is 14.3. The van der Waals surface area contributed by atoms with Crippen molar-refractivity contribution in [2.24, 2.45) is 0 Å². The van der Waals surface area contributed by atoms with Crippen LogP contribution in [0.15, 0.2) is 65.7 Å². The van der Waals surface area contributed by atoms with Crippen LogP contribution in [0, 0.1) is 6.92 Å². The fourth-order valence-corrected chi connectivity index (χ4v) is 2.70. The summed E-state index contributed by atoms with van der Waals surface area (Å²) in [5.41, 5.74) is 2.88. The average Bonchev–Trinajstić information content (AvgIpc) is 2.46. The summed E-state index contributed by atoms with van der Waals surface area (Å²) in [6, 6.07) is 16.4. The first-order chi connectivity index (χ1) is 9.49. The minimum Gasteiger partial charge on any atom is -0.286 e. The molecule has 0 heterocycles. The second-order valence-electron chi connectivity index (χ2n) is 4.63. The zero-order chi connectivity index (χ0) is 14.6. The van der Waals surface area contributed by atoms with Crippen molar-refractivity contribution in [1.82, 2.24) is 4.72 Å². The Hall–Kier alpha value is -2.07. The van der Waals surface area contributed by atoms with Crippen molar-refractivity contribution >= 4 is 15.6 Å². The molecule has 104 valence electrons. The Morgan fingerprint density at radius 2 is 1.60 bits per heavy atom. The van der Waals surface area contributed by atoms with Gasteiger partial charge in [0, 0.05) is 6.20 Å². The van der Waals surface area contributed by atoms with Gasteiger partial charge in [-0.05, 0) is 37.1 Å². The molecule has 0 fully saturated rings. The second kappa shape index (κ2) is 5.92. The fraction of sp³-hybridized carbons (Fsp3) is 0.125. The van der Waals surface area contributed by atoms with Gasteiger partial charge in [-0.1, -0.05) is 48.0 Å². The van der Waals surface area contributed by atoms with E-state index in [4.69, 9.17) is 0 Å². The van der Waals surface area contributed by atoms with E-state index in [1.165, 1.54) is 6.20 Å². The Morgan fingerprint density at radius 1 is 1.00 bits per heavy atom. The van der Waals surface area contributed by atoms with Crippen LogP contribution in [0.3, 0.4) is 0 Å². The molecule has 2 aromatic carbocycles. The van der Waals surface area contributed by atoms with Crippen molar-refractivity contribution in [3.8, 4) is 0 Å². The van der Waals surface area contributed by atoms with Crippen molar-refractivity contribution in [2.45, 2.75) is 18.7 Å². The zero-order valence-electron chi connectivity index (χ0n) is 11.5. The number of allylic oxidation sites excluding steroid dienone is 1. The summed E-state index contributed by atoms with van der Waals surface area (Å²) in [6.45, 7) is 3.79. The molecule has 3 nitrogen and oxygen atoms in total. The first-order valence-corrected chi connectivity index (χ1v) is 7.78. The van der Waals surface area contributed by atoms with Gasteiger partial charge in [-0.15, -0.1) is 0 Å². The van der Waals surface area contributed by atoms with E-state index in [0.717, 1.165) is 16.7 Å². The third-order valence-corrected chi connectivity index (χ3v) is 4.31. The van der Waals surface area contributed by atoms with Crippen LogP contribution in [0.25, 0.3) is 5.57 Å². The van der Waals surface area contributed by atoms with Gasteiger partial charge in [-0.3, -0.25) is 4.72 Å². The summed E-state index contributed by atoms with van der Waals surface area (Å²) in [4.78, 5) is 0.264. The SMILES string of the molecule is C/C(=C\NS(=O)(=O)c1ccc(C)cc1)c1ccccc1. The highest BCUT2D eigenvalue weighted by Gasteiger charge is 2.11. The molecule has 0 radical (unpaired) electrons. The maximum atomic E-state index is 12.1. The van der Waals surface area contributed by atoms with E-state index in [-0.39, 0.29) is 4.90 Å². The molecule has 0 saturated carbocycles. The van der Waals surface area contributed by atoms with E-state index in [1.807, 2.05) is 44.2 Å². The summed E-state index contributed by atoms with van der Waals surface area (Å²) < 4.78 is 26.8. The summed E-state index contributed by atoms with van der Waals surface area (Å²) in [6.07, 6.45) is 1.52. The van der Waals surface area contributed by atoms with E-state index in [0.29, 0.717) is 0 Å². The number of aryl methyl sites for hydroxylation is 1. The standard InChI is InChI=1S/C16H17NO2S/c1-13-8-10-16(11-9-13)20(18,19)17-12-14(2)15-6-4-3-5-7-15/h3-12,17H,1-2H3/b14-12+. The zero-order valence-corrected chi connectivity index (χ0v) is 12.3. The Morgan fingerprint density at radius 3 is 2.20 bits per heavy atom. The quantitative estimate of drug-likeness (QED) is 0.937. The summed E-state index contributed by atoms with van der Waals surface area (Å²) >= 11 is 0. The van der Waals surface area contributed by atoms with Crippen LogP contribution in [-0.2, 0) is 10.0 Å². The molecule has 2 rings (SSSR count). The topological polar surface area (TPSA) is 46.2 Å². The van der Waals surface area contributed by atoms with Crippen molar-refractivity contribution in [3.63, 3.8) is 0 Å². The molecule has 0 unspecified atom stereocenters. The predicted molar refractivity (Wildman–Crippen MR) is 81.6 cm³/mol. The van der Waals surface area contributed by atoms with Gasteiger partial charge in [0.05, 0.1) is 4.90 Å². The number of hydrogen-bond donors (Lipinski definition) is 1. The molecular weight excluding hydrogens is 270 g/mol. The van der Waals surface area contributed by atoms with Crippen LogP contribution >= 0.6 is 0 Å². The number of nitrogens with one attached hydrogen (secondary N) is 1. The van der Waals surface area contributed by atoms with Gasteiger partial charge in [0.2, 0.25) is 0 Å². The van der Waals surface area contributed by atoms with Crippen molar-refractivity contribution in [3.05, 3.63) is 71.9 Å². The molecule has 0 aromatic heterocycles. The lowest BCUT2D eigenvalue weighted by atomic mass is 10.1. The molecule has 1 N–H and O–H groups in total. The molecule has 0 aliphatic rings. The summed E-state index contributed by atoms with van der Waals surface area (Å²) in [5, 5.41) is 0. The average molecular weight is 287 g/mol. The van der Waals surface area contributed by atoms with Crippen LogP contribution in [0.2, 0.25) is 0 Å². The lowest BCUT2D eigenvalue weighted by Crippen LogP contribution is -2.18. The lowest BCUT2D eigenvalue weighted by Gasteiger charge is -2.06. The van der Waals surface area contributed by atoms with E-state index in [2.05, 4.69) is 4.72 Å². The van der Waals surface area contributed by atoms with Gasteiger partial charge in [-0.25, -0.2) is 8.42 Å². The maximum Gasteiger partial charge on any atom is 0.261 e. The molecule has 4 heteroatoms. The third kappa shape index (κ3) is 3.48. The Kier molecular flexibility index (Phi) is 4.25. The van der Waals surface area contributed by atoms with Crippen molar-refractivity contribution in [1.29, 1.82) is 0 Å². The van der Waals surface area contributed by atoms with Gasteiger partial charge in [0.15, 0.2) is 0 Å². The molecular formula is C16H17NO2S. The predicted octanol–water partition coefficient (Wildman–Crippen LogP) is 3.33. The number of sulfonamides is 1. The molecule has 0 aliphatic heterocycles. The summed E-state index contributed by atoms with van der Waals surface area (Å²) in [7, 11) is -3.51. The number of rotatable bonds is 4. The Bertz CT molecular complexity index is 702. The number of hydrogen-bond acceptors (Lipinski definition) is 2. The normalized spacial score (nSPS) is 12.2. The fourth-order valence-electron chi connectivity index (χ4n) is 1.74. The van der Waals surface area contributed by atoms with Crippen molar-refractivity contribution in [2.75, 3.05) is 0 Å². The van der Waals surface area contributed by atoms with Gasteiger partial charge in [0.1, 0.15) is 0 Å². The first-order valence-electron chi connectivity index (χ1n) is 6.30. The maximum absolute atomic E-state index is 12.1. The highest BCUT2D eigenvalue weighted by Crippen LogP contribution is 2.14. The summed E-state index contributed by atoms with van der Waals surface area (Å²) in [5.74, 6) is 0. The van der Waals surface area contributed by atoms with Crippen LogP contribution in [0.5, 0.6) is 0 Å². The van der Waals surface area contributed by atoms with Gasteiger partial charge < -0.3 is 0 Å². The van der Waals surface area contributed by atoms with E-state index < -0.39 is 10.0 Å². The molecule has 0 amide bonds. The Balaban J connectivity index is 2.19. The van der Waals surface area contributed by atoms with E-state index in [1.54, 1.807) is 24.3 Å². The third-order valence-electron chi connectivity index (χ3n) is 2.99. The highest BCUT2D eigenvalue weighted by molar-refractivity contribution is 7.89. The Labute approximate surface area is 120 Å². The minimum atomic E-state index is -3.51. The van der Waals surface area contributed by atoms with Crippen LogP contribution in [0.4, 0.5) is 0 Å². The molecule has 0 bridgehead atoms. The molecule has 2 aromatic rings. The lowest BCUT2D eigenvalue weighted by molar-refractivity contribution is 0.590.